The van der Waals surface area contributed by atoms with Gasteiger partial charge in [0.25, 0.3) is 0 Å². The molecule has 1 spiro atoms. The summed E-state index contributed by atoms with van der Waals surface area (Å²) in [5, 5.41) is 10.4. The molecule has 8 nitrogen and oxygen atoms in total. The molecule has 4 aliphatic rings. The summed E-state index contributed by atoms with van der Waals surface area (Å²) in [6.45, 7) is 7.35. The van der Waals surface area contributed by atoms with Gasteiger partial charge in [0.05, 0.1) is 25.3 Å². The highest BCUT2D eigenvalue weighted by Crippen LogP contribution is 2.53. The van der Waals surface area contributed by atoms with Gasteiger partial charge in [0.1, 0.15) is 12.6 Å². The van der Waals surface area contributed by atoms with Crippen LogP contribution >= 0.6 is 0 Å². The normalized spacial score (nSPS) is 32.7. The Morgan fingerprint density at radius 1 is 1.24 bits per heavy atom. The van der Waals surface area contributed by atoms with Crippen molar-refractivity contribution < 1.29 is 24.2 Å². The summed E-state index contributed by atoms with van der Waals surface area (Å²) >= 11 is 0. The highest BCUT2D eigenvalue weighted by atomic mass is 16.6. The molecule has 3 aliphatic heterocycles. The first-order valence-corrected chi connectivity index (χ1v) is 12.7. The fraction of sp³-hybridized carbons (Fsp3) is 0.692. The third-order valence-corrected chi connectivity index (χ3v) is 8.39. The zero-order valence-electron chi connectivity index (χ0n) is 20.3. The number of amides is 2. The quantitative estimate of drug-likeness (QED) is 0.687. The van der Waals surface area contributed by atoms with E-state index in [1.165, 1.54) is 17.7 Å². The maximum absolute atomic E-state index is 13.4. The number of piperazine rings is 1. The number of likely N-dealkylation sites (tertiary alicyclic amines) is 1. The number of ether oxygens (including phenoxy) is 2. The van der Waals surface area contributed by atoms with E-state index in [1.807, 2.05) is 42.2 Å². The lowest BCUT2D eigenvalue weighted by Crippen LogP contribution is -2.67. The molecule has 8 heteroatoms. The van der Waals surface area contributed by atoms with Crippen molar-refractivity contribution in [2.45, 2.75) is 76.5 Å². The van der Waals surface area contributed by atoms with Gasteiger partial charge in [-0.15, -0.1) is 0 Å². The molecule has 1 aromatic rings. The van der Waals surface area contributed by atoms with Crippen molar-refractivity contribution in [2.24, 2.45) is 5.41 Å². The minimum Gasteiger partial charge on any atom is -0.445 e. The second-order valence-corrected chi connectivity index (χ2v) is 10.8. The molecule has 3 heterocycles. The van der Waals surface area contributed by atoms with E-state index in [1.54, 1.807) is 6.92 Å². The first kappa shape index (κ1) is 23.6. The number of fused-ring (bicyclic) bond motifs is 1. The number of rotatable bonds is 6. The molecule has 4 atom stereocenters. The predicted molar refractivity (Wildman–Crippen MR) is 126 cm³/mol. The highest BCUT2D eigenvalue weighted by Gasteiger charge is 2.55. The number of aliphatic hydroxyl groups excluding tert-OH is 1. The van der Waals surface area contributed by atoms with Gasteiger partial charge in [-0.2, -0.15) is 0 Å². The fourth-order valence-corrected chi connectivity index (χ4v) is 5.94. The molecule has 4 fully saturated rings. The summed E-state index contributed by atoms with van der Waals surface area (Å²) in [6.07, 6.45) is 4.55. The van der Waals surface area contributed by atoms with Gasteiger partial charge in [-0.3, -0.25) is 9.69 Å². The van der Waals surface area contributed by atoms with E-state index in [9.17, 15) is 14.7 Å². The van der Waals surface area contributed by atoms with E-state index >= 15 is 0 Å². The predicted octanol–water partition coefficient (Wildman–Crippen LogP) is 2.60. The van der Waals surface area contributed by atoms with Crippen LogP contribution < -0.4 is 0 Å². The van der Waals surface area contributed by atoms with Crippen LogP contribution in [0.25, 0.3) is 0 Å². The molecule has 3 saturated heterocycles. The van der Waals surface area contributed by atoms with Crippen LogP contribution in [0.3, 0.4) is 0 Å². The van der Waals surface area contributed by atoms with E-state index in [4.69, 9.17) is 9.47 Å². The van der Waals surface area contributed by atoms with Crippen molar-refractivity contribution >= 4 is 12.0 Å². The summed E-state index contributed by atoms with van der Waals surface area (Å²) in [7, 11) is 0. The van der Waals surface area contributed by atoms with Crippen molar-refractivity contribution in [1.82, 2.24) is 14.7 Å². The standard InChI is InChI=1S/C26H37N3O5/c1-19-23(31)29-21(9-6-13-27-14-12-26(10-11-26)22(30)15-27)17-34-25(29,2)18-28(19)24(32)33-16-20-7-4-3-5-8-20/h3-5,7-8,19,21-22,30H,6,9-18H2,1-2H3/t19-,21-,22?,25?/m0/s1. The fourth-order valence-electron chi connectivity index (χ4n) is 5.94. The molecule has 2 amide bonds. The molecule has 0 radical (unpaired) electrons. The van der Waals surface area contributed by atoms with Crippen LogP contribution in [0, 0.1) is 5.41 Å². The lowest BCUT2D eigenvalue weighted by molar-refractivity contribution is -0.169. The van der Waals surface area contributed by atoms with Crippen LogP contribution in [-0.2, 0) is 20.9 Å². The summed E-state index contributed by atoms with van der Waals surface area (Å²) in [6, 6.07) is 8.94. The Morgan fingerprint density at radius 3 is 2.71 bits per heavy atom. The Labute approximate surface area is 201 Å². The third kappa shape index (κ3) is 4.43. The molecule has 1 aliphatic carbocycles. The molecule has 5 rings (SSSR count). The van der Waals surface area contributed by atoms with E-state index in [2.05, 4.69) is 4.90 Å². The van der Waals surface area contributed by atoms with Crippen LogP contribution in [0.5, 0.6) is 0 Å². The molecule has 34 heavy (non-hydrogen) atoms. The SMILES string of the molecule is C[C@H]1C(=O)N2[C@@H](CCCN3CCC4(CC4)C(O)C3)COC2(C)CN1C(=O)OCc1ccccc1. The summed E-state index contributed by atoms with van der Waals surface area (Å²) in [5.74, 6) is -0.0861. The number of nitrogens with zero attached hydrogens (tertiary/aromatic N) is 3. The smallest absolute Gasteiger partial charge is 0.410 e. The van der Waals surface area contributed by atoms with Gasteiger partial charge in [-0.1, -0.05) is 30.3 Å². The Bertz CT molecular complexity index is 907. The molecule has 2 unspecified atom stereocenters. The largest absolute Gasteiger partial charge is 0.445 e. The van der Waals surface area contributed by atoms with Crippen LogP contribution in [0.4, 0.5) is 4.79 Å². The van der Waals surface area contributed by atoms with E-state index in [-0.39, 0.29) is 30.1 Å². The Balaban J connectivity index is 1.14. The van der Waals surface area contributed by atoms with Crippen molar-refractivity contribution in [1.29, 1.82) is 0 Å². The number of hydrogen-bond acceptors (Lipinski definition) is 6. The van der Waals surface area contributed by atoms with Gasteiger partial charge >= 0.3 is 6.09 Å². The van der Waals surface area contributed by atoms with Crippen molar-refractivity contribution in [2.75, 3.05) is 32.8 Å². The minimum atomic E-state index is -0.834. The number of β-amino-alcohol motifs (C(OH)–C–C–N with tert-alkyl or cyclic N) is 1. The first-order valence-electron chi connectivity index (χ1n) is 12.7. The summed E-state index contributed by atoms with van der Waals surface area (Å²) < 4.78 is 11.6. The molecule has 0 bridgehead atoms. The molecule has 186 valence electrons. The van der Waals surface area contributed by atoms with Crippen LogP contribution in [0.15, 0.2) is 30.3 Å². The number of piperidine rings is 1. The molecular weight excluding hydrogens is 434 g/mol. The molecule has 0 aromatic heterocycles. The van der Waals surface area contributed by atoms with Gasteiger partial charge in [0.15, 0.2) is 5.72 Å². The Kier molecular flexibility index (Phi) is 6.33. The van der Waals surface area contributed by atoms with Crippen molar-refractivity contribution in [3.8, 4) is 0 Å². The van der Waals surface area contributed by atoms with Gasteiger partial charge in [-0.05, 0) is 70.0 Å². The number of hydrogen-bond donors (Lipinski definition) is 1. The maximum Gasteiger partial charge on any atom is 0.410 e. The summed E-state index contributed by atoms with van der Waals surface area (Å²) in [4.78, 5) is 31.9. The monoisotopic (exact) mass is 471 g/mol. The highest BCUT2D eigenvalue weighted by molar-refractivity contribution is 5.87. The lowest BCUT2D eigenvalue weighted by atomic mass is 9.90. The van der Waals surface area contributed by atoms with Gasteiger partial charge in [0.2, 0.25) is 5.91 Å². The average Bonchev–Trinajstić information content (AvgIpc) is 3.54. The summed E-state index contributed by atoms with van der Waals surface area (Å²) in [5.41, 5.74) is 0.298. The average molecular weight is 472 g/mol. The number of aliphatic hydroxyl groups is 1. The van der Waals surface area contributed by atoms with Gasteiger partial charge in [0, 0.05) is 6.54 Å². The zero-order chi connectivity index (χ0) is 23.9. The van der Waals surface area contributed by atoms with Crippen LogP contribution in [0.2, 0.25) is 0 Å². The number of carbonyl (C=O) groups excluding carboxylic acids is 2. The van der Waals surface area contributed by atoms with Crippen molar-refractivity contribution in [3.05, 3.63) is 35.9 Å². The zero-order valence-corrected chi connectivity index (χ0v) is 20.3. The van der Waals surface area contributed by atoms with E-state index in [0.29, 0.717) is 13.2 Å². The molecule has 1 aromatic carbocycles. The topological polar surface area (TPSA) is 82.6 Å². The maximum atomic E-state index is 13.4. The Hall–Kier alpha value is -2.16. The van der Waals surface area contributed by atoms with E-state index in [0.717, 1.165) is 44.5 Å². The Morgan fingerprint density at radius 2 is 2.00 bits per heavy atom. The second kappa shape index (κ2) is 9.13. The number of carbonyl (C=O) groups is 2. The minimum absolute atomic E-state index is 0.00641. The molecular formula is C26H37N3O5. The second-order valence-electron chi connectivity index (χ2n) is 10.8. The molecule has 1 saturated carbocycles. The molecule has 1 N–H and O–H groups in total. The van der Waals surface area contributed by atoms with E-state index < -0.39 is 17.9 Å². The first-order chi connectivity index (χ1) is 16.3. The number of benzene rings is 1. The van der Waals surface area contributed by atoms with Crippen LogP contribution in [0.1, 0.15) is 51.5 Å². The van der Waals surface area contributed by atoms with Crippen LogP contribution in [-0.4, -0.2) is 88.5 Å². The van der Waals surface area contributed by atoms with Gasteiger partial charge < -0.3 is 24.4 Å². The van der Waals surface area contributed by atoms with Crippen molar-refractivity contribution in [3.63, 3.8) is 0 Å². The lowest BCUT2D eigenvalue weighted by Gasteiger charge is -2.47. The third-order valence-electron chi connectivity index (χ3n) is 8.39. The van der Waals surface area contributed by atoms with Gasteiger partial charge in [-0.25, -0.2) is 4.79 Å².